The molecular formula is C16H20ClN3O. The summed E-state index contributed by atoms with van der Waals surface area (Å²) in [6, 6.07) is 10.2. The Kier molecular flexibility index (Phi) is 6.28. The topological polar surface area (TPSA) is 38.2 Å². The molecule has 0 saturated heterocycles. The molecule has 0 aliphatic heterocycles. The van der Waals surface area contributed by atoms with Crippen LogP contribution in [0.15, 0.2) is 42.7 Å². The van der Waals surface area contributed by atoms with Crippen molar-refractivity contribution in [1.82, 2.24) is 9.97 Å². The van der Waals surface area contributed by atoms with Crippen LogP contribution in [0.2, 0.25) is 0 Å². The van der Waals surface area contributed by atoms with Gasteiger partial charge in [-0.1, -0.05) is 37.3 Å². The van der Waals surface area contributed by atoms with E-state index in [4.69, 9.17) is 16.3 Å². The largest absolute Gasteiger partial charge is 0.477 e. The van der Waals surface area contributed by atoms with Gasteiger partial charge in [0, 0.05) is 19.0 Å². The van der Waals surface area contributed by atoms with E-state index in [1.54, 1.807) is 12.4 Å². The van der Waals surface area contributed by atoms with Crippen molar-refractivity contribution in [3.63, 3.8) is 0 Å². The van der Waals surface area contributed by atoms with Crippen LogP contribution in [-0.4, -0.2) is 29.0 Å². The van der Waals surface area contributed by atoms with Crippen molar-refractivity contribution >= 4 is 17.4 Å². The highest BCUT2D eigenvalue weighted by Crippen LogP contribution is 2.17. The van der Waals surface area contributed by atoms with Crippen molar-refractivity contribution in [3.8, 4) is 5.88 Å². The molecule has 0 saturated carbocycles. The number of ether oxygens (including phenoxy) is 1. The Morgan fingerprint density at radius 1 is 1.19 bits per heavy atom. The summed E-state index contributed by atoms with van der Waals surface area (Å²) in [7, 11) is 0. The maximum atomic E-state index is 5.91. The Morgan fingerprint density at radius 3 is 2.71 bits per heavy atom. The zero-order valence-electron chi connectivity index (χ0n) is 12.2. The number of hydrogen-bond donors (Lipinski definition) is 0. The number of benzene rings is 1. The van der Waals surface area contributed by atoms with Crippen molar-refractivity contribution in [2.24, 2.45) is 0 Å². The summed E-state index contributed by atoms with van der Waals surface area (Å²) >= 11 is 5.91. The molecule has 0 spiro atoms. The van der Waals surface area contributed by atoms with E-state index < -0.39 is 0 Å². The summed E-state index contributed by atoms with van der Waals surface area (Å²) in [4.78, 5) is 10.8. The van der Waals surface area contributed by atoms with Gasteiger partial charge in [0.1, 0.15) is 0 Å². The molecule has 0 amide bonds. The number of halogens is 1. The van der Waals surface area contributed by atoms with Gasteiger partial charge in [-0.2, -0.15) is 4.98 Å². The standard InChI is InChI=1S/C16H20ClN3O/c1-2-10-21-16-12-18-11-15(19-16)20(9-8-17)13-14-6-4-3-5-7-14/h3-7,11-12H,2,8-10,13H2,1H3. The zero-order chi connectivity index (χ0) is 14.9. The maximum Gasteiger partial charge on any atom is 0.234 e. The first-order valence-corrected chi connectivity index (χ1v) is 7.66. The smallest absolute Gasteiger partial charge is 0.234 e. The normalized spacial score (nSPS) is 10.4. The van der Waals surface area contributed by atoms with Crippen molar-refractivity contribution in [3.05, 3.63) is 48.3 Å². The molecule has 0 radical (unpaired) electrons. The van der Waals surface area contributed by atoms with Gasteiger partial charge in [0.25, 0.3) is 0 Å². The van der Waals surface area contributed by atoms with Crippen LogP contribution in [-0.2, 0) is 6.54 Å². The molecule has 21 heavy (non-hydrogen) atoms. The summed E-state index contributed by atoms with van der Waals surface area (Å²) < 4.78 is 5.54. The minimum Gasteiger partial charge on any atom is -0.477 e. The molecule has 0 atom stereocenters. The summed E-state index contributed by atoms with van der Waals surface area (Å²) in [5.41, 5.74) is 1.21. The highest BCUT2D eigenvalue weighted by atomic mass is 35.5. The highest BCUT2D eigenvalue weighted by molar-refractivity contribution is 6.18. The van der Waals surface area contributed by atoms with E-state index in [1.807, 2.05) is 18.2 Å². The summed E-state index contributed by atoms with van der Waals surface area (Å²) in [6.45, 7) is 4.17. The lowest BCUT2D eigenvalue weighted by Gasteiger charge is -2.22. The van der Waals surface area contributed by atoms with E-state index >= 15 is 0 Å². The lowest BCUT2D eigenvalue weighted by molar-refractivity contribution is 0.304. The van der Waals surface area contributed by atoms with Crippen molar-refractivity contribution in [2.75, 3.05) is 23.9 Å². The van der Waals surface area contributed by atoms with Gasteiger partial charge >= 0.3 is 0 Å². The number of alkyl halides is 1. The van der Waals surface area contributed by atoms with Gasteiger partial charge in [0.15, 0.2) is 5.82 Å². The molecule has 4 nitrogen and oxygen atoms in total. The molecule has 0 aliphatic rings. The molecule has 0 N–H and O–H groups in total. The third-order valence-electron chi connectivity index (χ3n) is 2.95. The highest BCUT2D eigenvalue weighted by Gasteiger charge is 2.10. The SMILES string of the molecule is CCCOc1cncc(N(CCCl)Cc2ccccc2)n1. The Balaban J connectivity index is 2.13. The van der Waals surface area contributed by atoms with Crippen LogP contribution < -0.4 is 9.64 Å². The van der Waals surface area contributed by atoms with E-state index in [-0.39, 0.29) is 0 Å². The lowest BCUT2D eigenvalue weighted by Crippen LogP contribution is -2.26. The molecule has 1 heterocycles. The fourth-order valence-corrected chi connectivity index (χ4v) is 2.15. The Morgan fingerprint density at radius 2 is 2.00 bits per heavy atom. The minimum absolute atomic E-state index is 0.536. The molecule has 112 valence electrons. The Bertz CT molecular complexity index is 536. The Labute approximate surface area is 130 Å². The number of nitrogens with zero attached hydrogens (tertiary/aromatic N) is 3. The van der Waals surface area contributed by atoms with E-state index in [9.17, 15) is 0 Å². The molecule has 1 aromatic carbocycles. The monoisotopic (exact) mass is 305 g/mol. The van der Waals surface area contributed by atoms with Crippen LogP contribution in [0, 0.1) is 0 Å². The van der Waals surface area contributed by atoms with Gasteiger partial charge in [-0.3, -0.25) is 4.98 Å². The summed E-state index contributed by atoms with van der Waals surface area (Å²) in [5.74, 6) is 1.88. The molecule has 0 unspecified atom stereocenters. The van der Waals surface area contributed by atoms with Crippen LogP contribution in [0.5, 0.6) is 5.88 Å². The summed E-state index contributed by atoms with van der Waals surface area (Å²) in [5, 5.41) is 0. The second kappa shape index (κ2) is 8.47. The maximum absolute atomic E-state index is 5.91. The fourth-order valence-electron chi connectivity index (χ4n) is 1.95. The van der Waals surface area contributed by atoms with E-state index in [1.165, 1.54) is 5.56 Å². The van der Waals surface area contributed by atoms with Gasteiger partial charge in [0.2, 0.25) is 5.88 Å². The minimum atomic E-state index is 0.536. The average molecular weight is 306 g/mol. The molecule has 2 rings (SSSR count). The average Bonchev–Trinajstić information content (AvgIpc) is 2.54. The number of rotatable bonds is 8. The quantitative estimate of drug-likeness (QED) is 0.700. The fraction of sp³-hybridized carbons (Fsp3) is 0.375. The van der Waals surface area contributed by atoms with Crippen molar-refractivity contribution in [1.29, 1.82) is 0 Å². The van der Waals surface area contributed by atoms with Crippen LogP contribution >= 0.6 is 11.6 Å². The lowest BCUT2D eigenvalue weighted by atomic mass is 10.2. The number of aromatic nitrogens is 2. The molecular weight excluding hydrogens is 286 g/mol. The zero-order valence-corrected chi connectivity index (χ0v) is 13.0. The van der Waals surface area contributed by atoms with Crippen molar-refractivity contribution in [2.45, 2.75) is 19.9 Å². The molecule has 0 aliphatic carbocycles. The van der Waals surface area contributed by atoms with Gasteiger partial charge in [-0.15, -0.1) is 11.6 Å². The van der Waals surface area contributed by atoms with Gasteiger partial charge in [0.05, 0.1) is 19.0 Å². The van der Waals surface area contributed by atoms with E-state index in [2.05, 4.69) is 33.9 Å². The van der Waals surface area contributed by atoms with E-state index in [0.29, 0.717) is 24.9 Å². The van der Waals surface area contributed by atoms with Crippen LogP contribution in [0.1, 0.15) is 18.9 Å². The molecule has 0 fully saturated rings. The Hall–Kier alpha value is -1.81. The first-order valence-electron chi connectivity index (χ1n) is 7.13. The third kappa shape index (κ3) is 4.90. The first kappa shape index (κ1) is 15.6. The first-order chi connectivity index (χ1) is 10.3. The summed E-state index contributed by atoms with van der Waals surface area (Å²) in [6.07, 6.45) is 4.33. The van der Waals surface area contributed by atoms with Crippen molar-refractivity contribution < 1.29 is 4.74 Å². The van der Waals surface area contributed by atoms with Crippen LogP contribution in [0.25, 0.3) is 0 Å². The molecule has 5 heteroatoms. The second-order valence-electron chi connectivity index (χ2n) is 4.66. The third-order valence-corrected chi connectivity index (χ3v) is 3.12. The predicted molar refractivity (Wildman–Crippen MR) is 86.0 cm³/mol. The molecule has 0 bridgehead atoms. The molecule has 1 aromatic heterocycles. The second-order valence-corrected chi connectivity index (χ2v) is 5.04. The van der Waals surface area contributed by atoms with Crippen LogP contribution in [0.3, 0.4) is 0 Å². The van der Waals surface area contributed by atoms with Gasteiger partial charge < -0.3 is 9.64 Å². The van der Waals surface area contributed by atoms with Crippen LogP contribution in [0.4, 0.5) is 5.82 Å². The van der Waals surface area contributed by atoms with Gasteiger partial charge in [-0.05, 0) is 12.0 Å². The predicted octanol–water partition coefficient (Wildman–Crippen LogP) is 3.51. The molecule has 2 aromatic rings. The number of hydrogen-bond acceptors (Lipinski definition) is 4. The van der Waals surface area contributed by atoms with E-state index in [0.717, 1.165) is 18.8 Å². The van der Waals surface area contributed by atoms with Gasteiger partial charge in [-0.25, -0.2) is 0 Å². The number of anilines is 1.